The summed E-state index contributed by atoms with van der Waals surface area (Å²) in [6.45, 7) is 5.28. The molecule has 1 aromatic carbocycles. The van der Waals surface area contributed by atoms with Crippen LogP contribution >= 0.6 is 12.2 Å². The van der Waals surface area contributed by atoms with Crippen molar-refractivity contribution in [1.29, 1.82) is 0 Å². The number of nitrogens with one attached hydrogen (secondary N) is 1. The normalized spacial score (nSPS) is 10.9. The van der Waals surface area contributed by atoms with Gasteiger partial charge in [0.15, 0.2) is 0 Å². The Kier molecular flexibility index (Phi) is 5.47. The quantitative estimate of drug-likeness (QED) is 0.648. The summed E-state index contributed by atoms with van der Waals surface area (Å²) >= 11 is 5.37. The van der Waals surface area contributed by atoms with E-state index in [4.69, 9.17) is 21.7 Å². The third-order valence-corrected chi connectivity index (χ3v) is 3.49. The maximum atomic E-state index is 5.81. The fourth-order valence-electron chi connectivity index (χ4n) is 2.20. The van der Waals surface area contributed by atoms with Gasteiger partial charge in [0, 0.05) is 18.2 Å². The third kappa shape index (κ3) is 3.68. The van der Waals surface area contributed by atoms with Crippen molar-refractivity contribution in [2.45, 2.75) is 19.8 Å². The summed E-state index contributed by atoms with van der Waals surface area (Å²) in [6, 6.07) is 7.91. The Morgan fingerprint density at radius 2 is 2.00 bits per heavy atom. The average molecular weight is 304 g/mol. The molecule has 2 aromatic rings. The minimum absolute atomic E-state index is 0.282. The number of H-pyrrole nitrogens is 1. The molecule has 4 nitrogen and oxygen atoms in total. The Morgan fingerprint density at radius 1 is 1.24 bits per heavy atom. The lowest BCUT2D eigenvalue weighted by molar-refractivity contribution is 0.146. The van der Waals surface area contributed by atoms with Crippen molar-refractivity contribution < 1.29 is 9.47 Å². The van der Waals surface area contributed by atoms with Gasteiger partial charge in [0.2, 0.25) is 0 Å². The molecule has 0 amide bonds. The maximum absolute atomic E-state index is 5.81. The van der Waals surface area contributed by atoms with Crippen LogP contribution in [0.5, 0.6) is 5.75 Å². The Morgan fingerprint density at radius 3 is 2.71 bits per heavy atom. The smallest absolute Gasteiger partial charge is 0.133 e. The van der Waals surface area contributed by atoms with Gasteiger partial charge >= 0.3 is 0 Å². The zero-order chi connectivity index (χ0) is 15.2. The van der Waals surface area contributed by atoms with Crippen LogP contribution < -0.4 is 4.74 Å². The zero-order valence-electron chi connectivity index (χ0n) is 12.6. The van der Waals surface area contributed by atoms with Gasteiger partial charge in [-0.15, -0.1) is 0 Å². The van der Waals surface area contributed by atoms with Crippen molar-refractivity contribution in [2.75, 3.05) is 20.3 Å². The zero-order valence-corrected chi connectivity index (χ0v) is 13.4. The number of ether oxygens (including phenoxy) is 2. The van der Waals surface area contributed by atoms with Crippen LogP contribution in [0, 0.1) is 4.64 Å². The molecular weight excluding hydrogens is 284 g/mol. The highest BCUT2D eigenvalue weighted by atomic mass is 32.1. The monoisotopic (exact) mass is 304 g/mol. The summed E-state index contributed by atoms with van der Waals surface area (Å²) in [7, 11) is 1.66. The standard InChI is InChI=1S/C16H20N2O2S/c1-11(2)14-15(17-10-18-16(14)21)12-6-4-5-7-13(12)20-9-8-19-3/h4-7,10-11H,8-9H2,1-3H3,(H,17,18,21). The van der Waals surface area contributed by atoms with Crippen molar-refractivity contribution in [3.8, 4) is 17.0 Å². The second-order valence-electron chi connectivity index (χ2n) is 4.99. The summed E-state index contributed by atoms with van der Waals surface area (Å²) in [5.41, 5.74) is 3.00. The van der Waals surface area contributed by atoms with Crippen LogP contribution in [-0.4, -0.2) is 30.3 Å². The number of aromatic nitrogens is 2. The Labute approximate surface area is 130 Å². The van der Waals surface area contributed by atoms with Crippen LogP contribution in [0.2, 0.25) is 0 Å². The molecule has 0 radical (unpaired) electrons. The molecule has 0 aliphatic heterocycles. The van der Waals surface area contributed by atoms with E-state index in [0.29, 0.717) is 17.9 Å². The Bertz CT molecular complexity index is 653. The number of methoxy groups -OCH3 is 1. The van der Waals surface area contributed by atoms with Crippen LogP contribution in [-0.2, 0) is 4.74 Å². The molecule has 1 aromatic heterocycles. The molecule has 0 aliphatic rings. The first-order valence-corrected chi connectivity index (χ1v) is 7.34. The van der Waals surface area contributed by atoms with Crippen LogP contribution in [0.15, 0.2) is 30.6 Å². The number of hydrogen-bond acceptors (Lipinski definition) is 4. The molecule has 1 heterocycles. The molecule has 0 unspecified atom stereocenters. The number of benzene rings is 1. The fraction of sp³-hybridized carbons (Fsp3) is 0.375. The second-order valence-corrected chi connectivity index (χ2v) is 5.38. The first kappa shape index (κ1) is 15.7. The van der Waals surface area contributed by atoms with E-state index in [9.17, 15) is 0 Å². The van der Waals surface area contributed by atoms with Gasteiger partial charge in [-0.05, 0) is 18.1 Å². The van der Waals surface area contributed by atoms with Gasteiger partial charge in [-0.3, -0.25) is 0 Å². The summed E-state index contributed by atoms with van der Waals surface area (Å²) in [5.74, 6) is 1.10. The molecule has 0 spiro atoms. The topological polar surface area (TPSA) is 47.1 Å². The van der Waals surface area contributed by atoms with E-state index in [1.54, 1.807) is 13.4 Å². The molecule has 1 N–H and O–H groups in total. The molecule has 0 saturated heterocycles. The highest BCUT2D eigenvalue weighted by Crippen LogP contribution is 2.33. The minimum Gasteiger partial charge on any atom is -0.490 e. The molecule has 2 rings (SSSR count). The van der Waals surface area contributed by atoms with Crippen molar-refractivity contribution in [3.05, 3.63) is 40.8 Å². The largest absolute Gasteiger partial charge is 0.490 e. The van der Waals surface area contributed by atoms with E-state index in [0.717, 1.165) is 22.6 Å². The molecule has 0 atom stereocenters. The van der Waals surface area contributed by atoms with E-state index in [-0.39, 0.29) is 5.92 Å². The van der Waals surface area contributed by atoms with Crippen molar-refractivity contribution in [3.63, 3.8) is 0 Å². The predicted octanol–water partition coefficient (Wildman–Crippen LogP) is 3.95. The van der Waals surface area contributed by atoms with E-state index in [2.05, 4.69) is 23.8 Å². The van der Waals surface area contributed by atoms with Crippen LogP contribution in [0.1, 0.15) is 25.3 Å². The van der Waals surface area contributed by atoms with Gasteiger partial charge in [-0.25, -0.2) is 4.98 Å². The van der Waals surface area contributed by atoms with Crippen LogP contribution in [0.4, 0.5) is 0 Å². The molecular formula is C16H20N2O2S. The van der Waals surface area contributed by atoms with E-state index in [1.165, 1.54) is 0 Å². The van der Waals surface area contributed by atoms with E-state index in [1.807, 2.05) is 24.3 Å². The highest BCUT2D eigenvalue weighted by molar-refractivity contribution is 7.71. The minimum atomic E-state index is 0.282. The molecule has 0 bridgehead atoms. The van der Waals surface area contributed by atoms with E-state index < -0.39 is 0 Å². The second kappa shape index (κ2) is 7.33. The van der Waals surface area contributed by atoms with Gasteiger partial charge in [-0.1, -0.05) is 38.2 Å². The lowest BCUT2D eigenvalue weighted by Crippen LogP contribution is -2.06. The van der Waals surface area contributed by atoms with Gasteiger partial charge in [-0.2, -0.15) is 0 Å². The van der Waals surface area contributed by atoms with Gasteiger partial charge in [0.25, 0.3) is 0 Å². The number of nitrogens with zero attached hydrogens (tertiary/aromatic N) is 1. The van der Waals surface area contributed by atoms with Crippen molar-refractivity contribution >= 4 is 12.2 Å². The maximum Gasteiger partial charge on any atom is 0.133 e. The predicted molar refractivity (Wildman–Crippen MR) is 86.3 cm³/mol. The first-order valence-electron chi connectivity index (χ1n) is 6.94. The molecule has 5 heteroatoms. The Balaban J connectivity index is 2.47. The highest BCUT2D eigenvalue weighted by Gasteiger charge is 2.15. The van der Waals surface area contributed by atoms with Gasteiger partial charge in [0.1, 0.15) is 17.0 Å². The molecule has 21 heavy (non-hydrogen) atoms. The lowest BCUT2D eigenvalue weighted by Gasteiger charge is -2.16. The fourth-order valence-corrected chi connectivity index (χ4v) is 2.59. The van der Waals surface area contributed by atoms with Crippen LogP contribution in [0.25, 0.3) is 11.3 Å². The number of aromatic amines is 1. The third-order valence-electron chi connectivity index (χ3n) is 3.17. The average Bonchev–Trinajstić information content (AvgIpc) is 2.47. The first-order chi connectivity index (χ1) is 10.1. The summed E-state index contributed by atoms with van der Waals surface area (Å²) in [6.07, 6.45) is 1.63. The number of para-hydroxylation sites is 1. The number of hydrogen-bond donors (Lipinski definition) is 1. The summed E-state index contributed by atoms with van der Waals surface area (Å²) in [4.78, 5) is 7.41. The SMILES string of the molecule is COCCOc1ccccc1-c1[nH]cnc(=S)c1C(C)C. The van der Waals surface area contributed by atoms with Crippen molar-refractivity contribution in [1.82, 2.24) is 9.97 Å². The van der Waals surface area contributed by atoms with Gasteiger partial charge in [0.05, 0.1) is 18.6 Å². The molecule has 0 fully saturated rings. The van der Waals surface area contributed by atoms with E-state index >= 15 is 0 Å². The lowest BCUT2D eigenvalue weighted by atomic mass is 9.98. The van der Waals surface area contributed by atoms with Crippen molar-refractivity contribution in [2.24, 2.45) is 0 Å². The number of rotatable bonds is 6. The molecule has 0 aliphatic carbocycles. The Hall–Kier alpha value is -1.72. The molecule has 112 valence electrons. The molecule has 0 saturated carbocycles. The van der Waals surface area contributed by atoms with Gasteiger partial charge < -0.3 is 14.5 Å². The van der Waals surface area contributed by atoms with Crippen LogP contribution in [0.3, 0.4) is 0 Å². The summed E-state index contributed by atoms with van der Waals surface area (Å²) < 4.78 is 11.5. The summed E-state index contributed by atoms with van der Waals surface area (Å²) in [5, 5.41) is 0.